The van der Waals surface area contributed by atoms with Crippen LogP contribution in [0.1, 0.15) is 23.1 Å². The molecule has 0 saturated heterocycles. The summed E-state index contributed by atoms with van der Waals surface area (Å²) in [6.07, 6.45) is 4.09. The number of amides is 1. The molecule has 0 unspecified atom stereocenters. The molecule has 2 rings (SSSR count). The Morgan fingerprint density at radius 2 is 2.11 bits per heavy atom. The minimum Gasteiger partial charge on any atom is -0.360 e. The molecule has 8 heteroatoms. The van der Waals surface area contributed by atoms with Gasteiger partial charge in [0.25, 0.3) is 5.91 Å². The number of hydrogen-bond acceptors (Lipinski definition) is 7. The Morgan fingerprint density at radius 3 is 2.83 bits per heavy atom. The van der Waals surface area contributed by atoms with Gasteiger partial charge in [-0.1, -0.05) is 18.3 Å². The first kappa shape index (κ1) is 12.4. The van der Waals surface area contributed by atoms with E-state index in [2.05, 4.69) is 30.8 Å². The first-order chi connectivity index (χ1) is 8.79. The highest BCUT2D eigenvalue weighted by Crippen LogP contribution is 2.15. The monoisotopic (exact) mass is 264 g/mol. The maximum absolute atomic E-state index is 11.8. The fraction of sp³-hybridized carbons (Fsp3) is 0.300. The van der Waals surface area contributed by atoms with Crippen LogP contribution in [0.2, 0.25) is 0 Å². The molecule has 94 valence electrons. The third-order valence-electron chi connectivity index (χ3n) is 1.94. The molecule has 0 radical (unpaired) electrons. The second kappa shape index (κ2) is 6.01. The Hall–Kier alpha value is -2.09. The van der Waals surface area contributed by atoms with Crippen LogP contribution < -0.4 is 10.6 Å². The number of carbonyl (C=O) groups excluding carboxylic acids is 1. The van der Waals surface area contributed by atoms with E-state index in [1.165, 1.54) is 11.3 Å². The summed E-state index contributed by atoms with van der Waals surface area (Å²) in [7, 11) is 0. The van der Waals surface area contributed by atoms with E-state index in [1.807, 2.05) is 6.92 Å². The first-order valence-corrected chi connectivity index (χ1v) is 6.27. The van der Waals surface area contributed by atoms with Crippen LogP contribution in [-0.4, -0.2) is 32.6 Å². The van der Waals surface area contributed by atoms with Crippen LogP contribution >= 0.6 is 11.3 Å². The molecule has 0 aliphatic rings. The summed E-state index contributed by atoms with van der Waals surface area (Å²) in [6, 6.07) is 1.67. The Labute approximate surface area is 108 Å². The Kier molecular flexibility index (Phi) is 4.13. The molecule has 1 amide bonds. The smallest absolute Gasteiger partial charge is 0.289 e. The highest BCUT2D eigenvalue weighted by molar-refractivity contribution is 7.17. The lowest BCUT2D eigenvalue weighted by molar-refractivity contribution is 0.102. The van der Waals surface area contributed by atoms with Crippen molar-refractivity contribution in [2.75, 3.05) is 17.2 Å². The topological polar surface area (TPSA) is 92.7 Å². The normalized spacial score (nSPS) is 10.1. The molecule has 0 saturated carbocycles. The molecule has 0 bridgehead atoms. The average Bonchev–Trinajstić information content (AvgIpc) is 2.86. The van der Waals surface area contributed by atoms with E-state index >= 15 is 0 Å². The standard InChI is InChI=1S/C10H12N6OS/c1-2-4-13-10-16-15-8(18-10)7(17)14-9-11-5-3-6-12-9/h3,5-6H,2,4H2,1H3,(H,13,16)(H,11,12,14,17). The lowest BCUT2D eigenvalue weighted by Gasteiger charge is -1.98. The SMILES string of the molecule is CCCNc1nnc(C(=O)Nc2ncccn2)s1. The zero-order valence-electron chi connectivity index (χ0n) is 9.75. The molecular weight excluding hydrogens is 252 g/mol. The fourth-order valence-electron chi connectivity index (χ4n) is 1.14. The van der Waals surface area contributed by atoms with Gasteiger partial charge in [-0.25, -0.2) is 9.97 Å². The van der Waals surface area contributed by atoms with Gasteiger partial charge in [0, 0.05) is 18.9 Å². The molecular formula is C10H12N6OS. The van der Waals surface area contributed by atoms with Crippen molar-refractivity contribution in [3.05, 3.63) is 23.5 Å². The summed E-state index contributed by atoms with van der Waals surface area (Å²) in [5.41, 5.74) is 0. The predicted octanol–water partition coefficient (Wildman–Crippen LogP) is 1.40. The molecule has 0 atom stereocenters. The van der Waals surface area contributed by atoms with Crippen molar-refractivity contribution in [2.45, 2.75) is 13.3 Å². The van der Waals surface area contributed by atoms with Crippen LogP contribution in [-0.2, 0) is 0 Å². The zero-order valence-corrected chi connectivity index (χ0v) is 10.6. The van der Waals surface area contributed by atoms with Crippen molar-refractivity contribution in [3.8, 4) is 0 Å². The maximum Gasteiger partial charge on any atom is 0.289 e. The largest absolute Gasteiger partial charge is 0.360 e. The van der Waals surface area contributed by atoms with Gasteiger partial charge < -0.3 is 5.32 Å². The van der Waals surface area contributed by atoms with Gasteiger partial charge in [-0.2, -0.15) is 0 Å². The van der Waals surface area contributed by atoms with Gasteiger partial charge >= 0.3 is 0 Å². The minimum absolute atomic E-state index is 0.251. The maximum atomic E-state index is 11.8. The van der Waals surface area contributed by atoms with Crippen molar-refractivity contribution >= 4 is 28.3 Å². The van der Waals surface area contributed by atoms with Crippen LogP contribution in [0.15, 0.2) is 18.5 Å². The summed E-state index contributed by atoms with van der Waals surface area (Å²) in [5, 5.41) is 14.2. The number of nitrogens with one attached hydrogen (secondary N) is 2. The van der Waals surface area contributed by atoms with E-state index in [1.54, 1.807) is 18.5 Å². The van der Waals surface area contributed by atoms with Crippen LogP contribution in [0.4, 0.5) is 11.1 Å². The Balaban J connectivity index is 1.99. The van der Waals surface area contributed by atoms with Crippen molar-refractivity contribution < 1.29 is 4.79 Å². The molecule has 0 aliphatic heterocycles. The third kappa shape index (κ3) is 3.20. The molecule has 2 aromatic heterocycles. The second-order valence-corrected chi connectivity index (χ2v) is 4.34. The number of aromatic nitrogens is 4. The van der Waals surface area contributed by atoms with Crippen molar-refractivity contribution in [1.82, 2.24) is 20.2 Å². The van der Waals surface area contributed by atoms with Gasteiger partial charge in [-0.3, -0.25) is 10.1 Å². The summed E-state index contributed by atoms with van der Waals surface area (Å²) >= 11 is 1.20. The second-order valence-electron chi connectivity index (χ2n) is 3.37. The van der Waals surface area contributed by atoms with Crippen LogP contribution in [0.5, 0.6) is 0 Å². The van der Waals surface area contributed by atoms with E-state index in [0.717, 1.165) is 13.0 Å². The molecule has 2 N–H and O–H groups in total. The molecule has 0 spiro atoms. The van der Waals surface area contributed by atoms with Crippen LogP contribution in [0, 0.1) is 0 Å². The van der Waals surface area contributed by atoms with Crippen LogP contribution in [0.25, 0.3) is 0 Å². The summed E-state index contributed by atoms with van der Waals surface area (Å²) in [5.74, 6) is -0.107. The van der Waals surface area contributed by atoms with Gasteiger partial charge in [-0.15, -0.1) is 10.2 Å². The van der Waals surface area contributed by atoms with Crippen molar-refractivity contribution in [3.63, 3.8) is 0 Å². The zero-order chi connectivity index (χ0) is 12.8. The molecule has 2 heterocycles. The Bertz CT molecular complexity index is 514. The van der Waals surface area contributed by atoms with Crippen molar-refractivity contribution in [2.24, 2.45) is 0 Å². The van der Waals surface area contributed by atoms with Gasteiger partial charge in [-0.05, 0) is 12.5 Å². The predicted molar refractivity (Wildman–Crippen MR) is 68.7 cm³/mol. The van der Waals surface area contributed by atoms with Gasteiger partial charge in [0.2, 0.25) is 16.1 Å². The van der Waals surface area contributed by atoms with E-state index in [4.69, 9.17) is 0 Å². The number of nitrogens with zero attached hydrogens (tertiary/aromatic N) is 4. The molecule has 18 heavy (non-hydrogen) atoms. The van der Waals surface area contributed by atoms with E-state index in [9.17, 15) is 4.79 Å². The molecule has 0 aromatic carbocycles. The average molecular weight is 264 g/mol. The minimum atomic E-state index is -0.358. The summed E-state index contributed by atoms with van der Waals surface area (Å²) in [6.45, 7) is 2.85. The fourth-order valence-corrected chi connectivity index (χ4v) is 1.80. The molecule has 0 aliphatic carbocycles. The quantitative estimate of drug-likeness (QED) is 0.848. The lowest BCUT2D eigenvalue weighted by Crippen LogP contribution is -2.13. The Morgan fingerprint density at radius 1 is 1.33 bits per heavy atom. The first-order valence-electron chi connectivity index (χ1n) is 5.45. The molecule has 7 nitrogen and oxygen atoms in total. The van der Waals surface area contributed by atoms with E-state index in [-0.39, 0.29) is 16.9 Å². The van der Waals surface area contributed by atoms with Crippen molar-refractivity contribution in [1.29, 1.82) is 0 Å². The molecule has 2 aromatic rings. The lowest BCUT2D eigenvalue weighted by atomic mass is 10.5. The molecule has 0 fully saturated rings. The van der Waals surface area contributed by atoms with Gasteiger partial charge in [0.15, 0.2) is 0 Å². The number of carbonyl (C=O) groups is 1. The highest BCUT2D eigenvalue weighted by atomic mass is 32.1. The third-order valence-corrected chi connectivity index (χ3v) is 2.82. The number of hydrogen-bond donors (Lipinski definition) is 2. The number of anilines is 2. The van der Waals surface area contributed by atoms with E-state index < -0.39 is 0 Å². The number of rotatable bonds is 5. The van der Waals surface area contributed by atoms with Crippen LogP contribution in [0.3, 0.4) is 0 Å². The highest BCUT2D eigenvalue weighted by Gasteiger charge is 2.13. The summed E-state index contributed by atoms with van der Waals surface area (Å²) in [4.78, 5) is 19.6. The van der Waals surface area contributed by atoms with E-state index in [0.29, 0.717) is 5.13 Å². The van der Waals surface area contributed by atoms with Gasteiger partial charge in [0.1, 0.15) is 0 Å². The van der Waals surface area contributed by atoms with Gasteiger partial charge in [0.05, 0.1) is 0 Å². The summed E-state index contributed by atoms with van der Waals surface area (Å²) < 4.78 is 0.